The van der Waals surface area contributed by atoms with Gasteiger partial charge in [-0.1, -0.05) is 30.7 Å². The fourth-order valence-corrected chi connectivity index (χ4v) is 7.51. The highest BCUT2D eigenvalue weighted by atomic mass is 16.3. The van der Waals surface area contributed by atoms with Gasteiger partial charge in [-0.05, 0) is 86.5 Å². The lowest BCUT2D eigenvalue weighted by Crippen LogP contribution is -2.58. The van der Waals surface area contributed by atoms with Gasteiger partial charge in [0.1, 0.15) is 11.6 Å². The van der Waals surface area contributed by atoms with Crippen molar-refractivity contribution in [3.63, 3.8) is 0 Å². The number of likely N-dealkylation sites (N-methyl/N-ethyl adjacent to an activating group) is 1. The van der Waals surface area contributed by atoms with Crippen LogP contribution in [0.15, 0.2) is 51.5 Å². The number of nitrogens with zero attached hydrogens (tertiary/aromatic N) is 2. The number of hydrogen-bond donors (Lipinski definition) is 4. The average molecular weight is 493 g/mol. The van der Waals surface area contributed by atoms with Crippen LogP contribution < -0.4 is 0 Å². The van der Waals surface area contributed by atoms with Gasteiger partial charge in [0.2, 0.25) is 0 Å². The SMILES string of the molecule is Cc1nc2cc(C3=CCC4C5=C(C=C6[C@@H](O)[C@H](O)[C@@H](N(C)C)C[C@]6(O)CC5)C(O)C[C@]34C)ccc2o1. The highest BCUT2D eigenvalue weighted by Gasteiger charge is 2.53. The Balaban J connectivity index is 1.37. The summed E-state index contributed by atoms with van der Waals surface area (Å²) in [5.41, 5.74) is 4.88. The molecule has 0 radical (unpaired) electrons. The Labute approximate surface area is 211 Å². The van der Waals surface area contributed by atoms with Crippen LogP contribution in [0.4, 0.5) is 0 Å². The van der Waals surface area contributed by atoms with E-state index < -0.39 is 23.9 Å². The molecule has 0 amide bonds. The number of fused-ring (bicyclic) bond motifs is 4. The summed E-state index contributed by atoms with van der Waals surface area (Å²) in [4.78, 5) is 6.38. The number of benzene rings is 1. The molecule has 1 aromatic heterocycles. The van der Waals surface area contributed by atoms with Crippen molar-refractivity contribution in [2.45, 2.75) is 75.9 Å². The van der Waals surface area contributed by atoms with Crippen molar-refractivity contribution in [3.05, 3.63) is 58.5 Å². The standard InChI is InChI=1S/C29H36N2O5/c1-15-30-22-11-16(5-8-25(22)36-15)19-6-7-20-17-9-10-29(35)13-23(31(3)4)27(34)26(33)21(29)12-18(17)24(32)14-28(19,20)2/h5-6,8,11-12,20,23-24,26-27,32-35H,7,9-10,13-14H2,1-4H3/t20?,23-,24?,26+,27+,28+,29+/m0/s1. The topological polar surface area (TPSA) is 110 Å². The van der Waals surface area contributed by atoms with Crippen LogP contribution in [0.25, 0.3) is 16.7 Å². The molecule has 192 valence electrons. The Kier molecular flexibility index (Phi) is 5.42. The number of aliphatic hydroxyl groups excluding tert-OH is 3. The number of aromatic nitrogens is 1. The van der Waals surface area contributed by atoms with E-state index in [9.17, 15) is 20.4 Å². The molecule has 2 unspecified atom stereocenters. The molecule has 4 aliphatic rings. The summed E-state index contributed by atoms with van der Waals surface area (Å²) in [5.74, 6) is 0.845. The van der Waals surface area contributed by atoms with Crippen LogP contribution in [0.5, 0.6) is 0 Å². The third-order valence-corrected chi connectivity index (χ3v) is 9.42. The van der Waals surface area contributed by atoms with Crippen molar-refractivity contribution < 1.29 is 24.8 Å². The third kappa shape index (κ3) is 3.41. The summed E-state index contributed by atoms with van der Waals surface area (Å²) in [7, 11) is 3.72. The van der Waals surface area contributed by atoms with Gasteiger partial charge in [-0.3, -0.25) is 0 Å². The molecule has 4 aliphatic carbocycles. The minimum Gasteiger partial charge on any atom is -0.441 e. The van der Waals surface area contributed by atoms with E-state index in [1.54, 1.807) is 0 Å². The lowest BCUT2D eigenvalue weighted by molar-refractivity contribution is -0.0922. The third-order valence-electron chi connectivity index (χ3n) is 9.42. The van der Waals surface area contributed by atoms with Gasteiger partial charge in [-0.15, -0.1) is 0 Å². The van der Waals surface area contributed by atoms with E-state index in [0.29, 0.717) is 37.1 Å². The predicted molar refractivity (Wildman–Crippen MR) is 137 cm³/mol. The van der Waals surface area contributed by atoms with E-state index in [0.717, 1.165) is 28.7 Å². The molecule has 0 saturated heterocycles. The highest BCUT2D eigenvalue weighted by molar-refractivity contribution is 5.82. The zero-order valence-corrected chi connectivity index (χ0v) is 21.4. The first-order valence-electron chi connectivity index (χ1n) is 13.0. The smallest absolute Gasteiger partial charge is 0.192 e. The molecule has 4 N–H and O–H groups in total. The molecular formula is C29H36N2O5. The molecular weight excluding hydrogens is 456 g/mol. The molecule has 1 fully saturated rings. The van der Waals surface area contributed by atoms with E-state index in [-0.39, 0.29) is 17.4 Å². The molecule has 7 atom stereocenters. The summed E-state index contributed by atoms with van der Waals surface area (Å²) in [6, 6.07) is 5.78. The van der Waals surface area contributed by atoms with Gasteiger partial charge in [0.05, 0.1) is 17.8 Å². The van der Waals surface area contributed by atoms with E-state index >= 15 is 0 Å². The summed E-state index contributed by atoms with van der Waals surface area (Å²) in [6.07, 6.45) is 4.11. The Morgan fingerprint density at radius 1 is 1.14 bits per heavy atom. The minimum atomic E-state index is -1.22. The maximum atomic E-state index is 11.7. The molecule has 0 spiro atoms. The van der Waals surface area contributed by atoms with Crippen molar-refractivity contribution >= 4 is 16.7 Å². The van der Waals surface area contributed by atoms with Crippen molar-refractivity contribution in [1.82, 2.24) is 9.88 Å². The van der Waals surface area contributed by atoms with Gasteiger partial charge in [-0.2, -0.15) is 0 Å². The Morgan fingerprint density at radius 3 is 2.67 bits per heavy atom. The number of aliphatic hydroxyl groups is 4. The van der Waals surface area contributed by atoms with Crippen LogP contribution in [0.2, 0.25) is 0 Å². The lowest BCUT2D eigenvalue weighted by Gasteiger charge is -2.46. The highest BCUT2D eigenvalue weighted by Crippen LogP contribution is 2.60. The van der Waals surface area contributed by atoms with Crippen LogP contribution in [-0.4, -0.2) is 74.4 Å². The summed E-state index contributed by atoms with van der Waals surface area (Å²) in [5, 5.41) is 45.0. The molecule has 1 heterocycles. The monoisotopic (exact) mass is 492 g/mol. The van der Waals surface area contributed by atoms with Gasteiger partial charge in [-0.25, -0.2) is 4.98 Å². The van der Waals surface area contributed by atoms with Crippen LogP contribution in [-0.2, 0) is 0 Å². The van der Waals surface area contributed by atoms with Crippen molar-refractivity contribution in [2.75, 3.05) is 14.1 Å². The largest absolute Gasteiger partial charge is 0.441 e. The molecule has 7 nitrogen and oxygen atoms in total. The number of rotatable bonds is 2. The number of oxazole rings is 1. The molecule has 2 aromatic rings. The van der Waals surface area contributed by atoms with Crippen LogP contribution in [0.3, 0.4) is 0 Å². The maximum Gasteiger partial charge on any atom is 0.192 e. The summed E-state index contributed by atoms with van der Waals surface area (Å²) in [6.45, 7) is 4.09. The summed E-state index contributed by atoms with van der Waals surface area (Å²) < 4.78 is 5.66. The second kappa shape index (κ2) is 8.10. The minimum absolute atomic E-state index is 0.202. The van der Waals surface area contributed by atoms with Crippen molar-refractivity contribution in [1.29, 1.82) is 0 Å². The number of aryl methyl sites for hydroxylation is 1. The molecule has 1 saturated carbocycles. The van der Waals surface area contributed by atoms with E-state index in [4.69, 9.17) is 4.42 Å². The maximum absolute atomic E-state index is 11.7. The number of hydrogen-bond acceptors (Lipinski definition) is 7. The van der Waals surface area contributed by atoms with Gasteiger partial charge >= 0.3 is 0 Å². The number of allylic oxidation sites excluding steroid dienone is 3. The van der Waals surface area contributed by atoms with E-state index in [1.807, 2.05) is 38.1 Å². The van der Waals surface area contributed by atoms with Gasteiger partial charge < -0.3 is 29.7 Å². The van der Waals surface area contributed by atoms with Crippen LogP contribution in [0.1, 0.15) is 50.5 Å². The predicted octanol–water partition coefficient (Wildman–Crippen LogP) is 3.11. The van der Waals surface area contributed by atoms with Gasteiger partial charge in [0, 0.05) is 18.4 Å². The summed E-state index contributed by atoms with van der Waals surface area (Å²) >= 11 is 0. The molecule has 36 heavy (non-hydrogen) atoms. The Bertz CT molecular complexity index is 1320. The molecule has 0 aliphatic heterocycles. The Hall–Kier alpha value is -2.29. The van der Waals surface area contributed by atoms with Crippen LogP contribution >= 0.6 is 0 Å². The average Bonchev–Trinajstić information content (AvgIpc) is 3.30. The fraction of sp³-hybridized carbons (Fsp3) is 0.552. The van der Waals surface area contributed by atoms with Crippen molar-refractivity contribution in [2.24, 2.45) is 11.3 Å². The second-order valence-electron chi connectivity index (χ2n) is 11.7. The second-order valence-corrected chi connectivity index (χ2v) is 11.7. The fourth-order valence-electron chi connectivity index (χ4n) is 7.51. The first-order valence-corrected chi connectivity index (χ1v) is 13.0. The normalized spacial score (nSPS) is 38.4. The lowest BCUT2D eigenvalue weighted by atomic mass is 9.61. The quantitative estimate of drug-likeness (QED) is 0.510. The molecule has 7 heteroatoms. The van der Waals surface area contributed by atoms with Gasteiger partial charge in [0.25, 0.3) is 0 Å². The zero-order chi connectivity index (χ0) is 25.6. The van der Waals surface area contributed by atoms with Crippen molar-refractivity contribution in [3.8, 4) is 0 Å². The first kappa shape index (κ1) is 24.1. The molecule has 0 bridgehead atoms. The molecule has 6 rings (SSSR count). The van der Waals surface area contributed by atoms with E-state index in [1.165, 1.54) is 11.1 Å². The zero-order valence-electron chi connectivity index (χ0n) is 21.4. The van der Waals surface area contributed by atoms with Crippen LogP contribution in [0, 0.1) is 18.3 Å². The Morgan fingerprint density at radius 2 is 1.92 bits per heavy atom. The molecule has 1 aromatic carbocycles. The van der Waals surface area contributed by atoms with E-state index in [2.05, 4.69) is 30.1 Å². The van der Waals surface area contributed by atoms with Gasteiger partial charge in [0.15, 0.2) is 11.5 Å². The first-order chi connectivity index (χ1) is 17.0.